The molecule has 0 aromatic heterocycles. The number of aromatic carboxylic acids is 1. The Balaban J connectivity index is 2.61. The van der Waals surface area contributed by atoms with E-state index in [9.17, 15) is 4.79 Å². The summed E-state index contributed by atoms with van der Waals surface area (Å²) in [6, 6.07) is 4.61. The molecule has 1 rings (SSSR count). The molecule has 1 aromatic rings. The summed E-state index contributed by atoms with van der Waals surface area (Å²) in [6.45, 7) is 2.68. The molecule has 0 saturated carbocycles. The van der Waals surface area contributed by atoms with Gasteiger partial charge in [-0.05, 0) is 36.1 Å². The van der Waals surface area contributed by atoms with E-state index in [1.165, 1.54) is 19.2 Å². The number of hydrogen-bond donors (Lipinski definition) is 1. The van der Waals surface area contributed by atoms with Crippen molar-refractivity contribution in [3.05, 3.63) is 23.8 Å². The zero-order valence-electron chi connectivity index (χ0n) is 10.6. The lowest BCUT2D eigenvalue weighted by atomic mass is 10.2. The molecule has 5 heteroatoms. The zero-order valence-corrected chi connectivity index (χ0v) is 11.5. The molecule has 0 heterocycles. The molecule has 100 valence electrons. The van der Waals surface area contributed by atoms with Crippen LogP contribution in [0.1, 0.15) is 23.7 Å². The van der Waals surface area contributed by atoms with Gasteiger partial charge in [-0.2, -0.15) is 11.8 Å². The number of carbonyl (C=O) groups is 1. The molecular formula is C13H18O4S. The topological polar surface area (TPSA) is 55.8 Å². The standard InChI is InChI=1S/C13H18O4S/c1-3-18-8-4-7-17-12-9-10(13(14)15)5-6-11(12)16-2/h5-6,9H,3-4,7-8H2,1-2H3,(H,14,15). The summed E-state index contributed by atoms with van der Waals surface area (Å²) >= 11 is 1.86. The third-order valence-electron chi connectivity index (χ3n) is 2.31. The Labute approximate surface area is 111 Å². The molecule has 18 heavy (non-hydrogen) atoms. The van der Waals surface area contributed by atoms with Crippen LogP contribution >= 0.6 is 11.8 Å². The van der Waals surface area contributed by atoms with Crippen LogP contribution in [-0.4, -0.2) is 36.3 Å². The van der Waals surface area contributed by atoms with Gasteiger partial charge >= 0.3 is 5.97 Å². The maximum absolute atomic E-state index is 10.9. The van der Waals surface area contributed by atoms with Crippen LogP contribution in [0.3, 0.4) is 0 Å². The van der Waals surface area contributed by atoms with E-state index in [0.717, 1.165) is 17.9 Å². The fourth-order valence-electron chi connectivity index (χ4n) is 1.41. The van der Waals surface area contributed by atoms with Crippen molar-refractivity contribution < 1.29 is 19.4 Å². The van der Waals surface area contributed by atoms with E-state index >= 15 is 0 Å². The highest BCUT2D eigenvalue weighted by atomic mass is 32.2. The highest BCUT2D eigenvalue weighted by Gasteiger charge is 2.09. The third-order valence-corrected chi connectivity index (χ3v) is 3.29. The summed E-state index contributed by atoms with van der Waals surface area (Å²) in [5, 5.41) is 8.91. The van der Waals surface area contributed by atoms with Crippen LogP contribution in [0.4, 0.5) is 0 Å². The second kappa shape index (κ2) is 7.87. The Hall–Kier alpha value is -1.36. The smallest absolute Gasteiger partial charge is 0.335 e. The highest BCUT2D eigenvalue weighted by Crippen LogP contribution is 2.28. The zero-order chi connectivity index (χ0) is 13.4. The van der Waals surface area contributed by atoms with Gasteiger partial charge in [0.15, 0.2) is 11.5 Å². The Morgan fingerprint density at radius 3 is 2.78 bits per heavy atom. The van der Waals surface area contributed by atoms with Gasteiger partial charge in [-0.25, -0.2) is 4.79 Å². The van der Waals surface area contributed by atoms with Crippen molar-refractivity contribution in [2.45, 2.75) is 13.3 Å². The number of rotatable bonds is 8. The second-order valence-electron chi connectivity index (χ2n) is 3.57. The highest BCUT2D eigenvalue weighted by molar-refractivity contribution is 7.99. The Morgan fingerprint density at radius 1 is 1.39 bits per heavy atom. The first-order chi connectivity index (χ1) is 8.69. The average Bonchev–Trinajstić information content (AvgIpc) is 2.38. The van der Waals surface area contributed by atoms with E-state index in [1.54, 1.807) is 6.07 Å². The van der Waals surface area contributed by atoms with Crippen molar-refractivity contribution in [3.63, 3.8) is 0 Å². The van der Waals surface area contributed by atoms with E-state index in [0.29, 0.717) is 18.1 Å². The van der Waals surface area contributed by atoms with Gasteiger partial charge in [-0.15, -0.1) is 0 Å². The number of carboxylic acids is 1. The van der Waals surface area contributed by atoms with Crippen LogP contribution < -0.4 is 9.47 Å². The molecule has 0 unspecified atom stereocenters. The van der Waals surface area contributed by atoms with Gasteiger partial charge in [0, 0.05) is 0 Å². The molecule has 1 N–H and O–H groups in total. The van der Waals surface area contributed by atoms with Crippen LogP contribution in [0.5, 0.6) is 11.5 Å². The third kappa shape index (κ3) is 4.49. The first kappa shape index (κ1) is 14.7. The van der Waals surface area contributed by atoms with E-state index in [1.807, 2.05) is 11.8 Å². The normalized spacial score (nSPS) is 10.1. The van der Waals surface area contributed by atoms with E-state index in [4.69, 9.17) is 14.6 Å². The predicted octanol–water partition coefficient (Wildman–Crippen LogP) is 2.92. The molecule has 0 spiro atoms. The van der Waals surface area contributed by atoms with Gasteiger partial charge in [0.05, 0.1) is 19.3 Å². The minimum atomic E-state index is -0.968. The van der Waals surface area contributed by atoms with Crippen molar-refractivity contribution in [2.24, 2.45) is 0 Å². The second-order valence-corrected chi connectivity index (χ2v) is 4.96. The summed E-state index contributed by atoms with van der Waals surface area (Å²) < 4.78 is 10.7. The summed E-state index contributed by atoms with van der Waals surface area (Å²) in [6.07, 6.45) is 0.930. The number of methoxy groups -OCH3 is 1. The van der Waals surface area contributed by atoms with Crippen molar-refractivity contribution in [1.82, 2.24) is 0 Å². The summed E-state index contributed by atoms with van der Waals surface area (Å²) in [7, 11) is 1.54. The summed E-state index contributed by atoms with van der Waals surface area (Å²) in [5.74, 6) is 2.21. The molecule has 0 aliphatic heterocycles. The average molecular weight is 270 g/mol. The molecule has 1 aromatic carbocycles. The molecular weight excluding hydrogens is 252 g/mol. The largest absolute Gasteiger partial charge is 0.493 e. The van der Waals surface area contributed by atoms with Crippen LogP contribution in [0.15, 0.2) is 18.2 Å². The molecule has 0 radical (unpaired) electrons. The molecule has 0 atom stereocenters. The van der Waals surface area contributed by atoms with Crippen molar-refractivity contribution in [2.75, 3.05) is 25.2 Å². The van der Waals surface area contributed by atoms with Gasteiger partial charge in [-0.3, -0.25) is 0 Å². The molecule has 0 fully saturated rings. The molecule has 0 aliphatic rings. The minimum absolute atomic E-state index is 0.203. The van der Waals surface area contributed by atoms with E-state index in [-0.39, 0.29) is 5.56 Å². The summed E-state index contributed by atoms with van der Waals surface area (Å²) in [4.78, 5) is 10.9. The van der Waals surface area contributed by atoms with Crippen molar-refractivity contribution >= 4 is 17.7 Å². The van der Waals surface area contributed by atoms with Crippen molar-refractivity contribution in [3.8, 4) is 11.5 Å². The lowest BCUT2D eigenvalue weighted by molar-refractivity contribution is 0.0696. The van der Waals surface area contributed by atoms with Crippen LogP contribution in [0.2, 0.25) is 0 Å². The van der Waals surface area contributed by atoms with Gasteiger partial charge in [-0.1, -0.05) is 6.92 Å². The minimum Gasteiger partial charge on any atom is -0.493 e. The fourth-order valence-corrected chi connectivity index (χ4v) is 2.02. The SMILES string of the molecule is CCSCCCOc1cc(C(=O)O)ccc1OC. The monoisotopic (exact) mass is 270 g/mol. The van der Waals surface area contributed by atoms with Crippen LogP contribution in [0.25, 0.3) is 0 Å². The number of ether oxygens (including phenoxy) is 2. The first-order valence-electron chi connectivity index (χ1n) is 5.81. The van der Waals surface area contributed by atoms with E-state index in [2.05, 4.69) is 6.92 Å². The fraction of sp³-hybridized carbons (Fsp3) is 0.462. The Morgan fingerprint density at radius 2 is 2.17 bits per heavy atom. The van der Waals surface area contributed by atoms with Crippen LogP contribution in [0, 0.1) is 0 Å². The number of hydrogen-bond acceptors (Lipinski definition) is 4. The maximum atomic E-state index is 10.9. The summed E-state index contributed by atoms with van der Waals surface area (Å²) in [5.41, 5.74) is 0.203. The predicted molar refractivity (Wildman–Crippen MR) is 73.1 cm³/mol. The first-order valence-corrected chi connectivity index (χ1v) is 6.96. The van der Waals surface area contributed by atoms with Crippen molar-refractivity contribution in [1.29, 1.82) is 0 Å². The number of thioether (sulfide) groups is 1. The Bertz CT molecular complexity index is 393. The lowest BCUT2D eigenvalue weighted by Crippen LogP contribution is -2.03. The lowest BCUT2D eigenvalue weighted by Gasteiger charge is -2.11. The van der Waals surface area contributed by atoms with Crippen LogP contribution in [-0.2, 0) is 0 Å². The number of benzene rings is 1. The molecule has 0 saturated heterocycles. The van der Waals surface area contributed by atoms with Gasteiger partial charge in [0.25, 0.3) is 0 Å². The molecule has 0 bridgehead atoms. The quantitative estimate of drug-likeness (QED) is 0.736. The van der Waals surface area contributed by atoms with Gasteiger partial charge in [0.1, 0.15) is 0 Å². The van der Waals surface area contributed by atoms with Gasteiger partial charge < -0.3 is 14.6 Å². The Kier molecular flexibility index (Phi) is 6.43. The van der Waals surface area contributed by atoms with Gasteiger partial charge in [0.2, 0.25) is 0 Å². The van der Waals surface area contributed by atoms with E-state index < -0.39 is 5.97 Å². The maximum Gasteiger partial charge on any atom is 0.335 e. The number of carboxylic acid groups (broad SMARTS) is 1. The molecule has 0 aliphatic carbocycles. The molecule has 4 nitrogen and oxygen atoms in total. The molecule has 0 amide bonds.